The normalized spacial score (nSPS) is 10.7. The standard InChI is InChI=1S/C17H17N3/c1-2-12-5-7-13(8-6-12)20-16-10-9-15(18)14-4-3-11-19-17(14)16/h3-11,20H,2,18H2,1H3. The van der Waals surface area contributed by atoms with E-state index in [1.54, 1.807) is 6.20 Å². The summed E-state index contributed by atoms with van der Waals surface area (Å²) in [5.74, 6) is 0. The molecule has 3 nitrogen and oxygen atoms in total. The van der Waals surface area contributed by atoms with Crippen molar-refractivity contribution >= 4 is 28.0 Å². The Labute approximate surface area is 118 Å². The Bertz CT molecular complexity index is 733. The summed E-state index contributed by atoms with van der Waals surface area (Å²) in [6.45, 7) is 2.15. The Morgan fingerprint density at radius 2 is 1.85 bits per heavy atom. The molecule has 0 fully saturated rings. The van der Waals surface area contributed by atoms with Gasteiger partial charge in [-0.2, -0.15) is 0 Å². The number of pyridine rings is 1. The van der Waals surface area contributed by atoms with Crippen LogP contribution in [0.15, 0.2) is 54.7 Å². The summed E-state index contributed by atoms with van der Waals surface area (Å²) in [5.41, 5.74) is 11.0. The molecule has 0 aliphatic carbocycles. The highest BCUT2D eigenvalue weighted by Gasteiger charge is 2.05. The van der Waals surface area contributed by atoms with E-state index in [9.17, 15) is 0 Å². The molecule has 0 bridgehead atoms. The fourth-order valence-corrected chi connectivity index (χ4v) is 2.27. The molecule has 0 spiro atoms. The van der Waals surface area contributed by atoms with E-state index >= 15 is 0 Å². The number of anilines is 3. The maximum atomic E-state index is 5.99. The van der Waals surface area contributed by atoms with Crippen molar-refractivity contribution in [2.24, 2.45) is 0 Å². The lowest BCUT2D eigenvalue weighted by Crippen LogP contribution is -1.95. The summed E-state index contributed by atoms with van der Waals surface area (Å²) >= 11 is 0. The van der Waals surface area contributed by atoms with Gasteiger partial charge >= 0.3 is 0 Å². The molecule has 1 heterocycles. The SMILES string of the molecule is CCc1ccc(Nc2ccc(N)c3cccnc23)cc1. The van der Waals surface area contributed by atoms with Crippen molar-refractivity contribution < 1.29 is 0 Å². The van der Waals surface area contributed by atoms with Gasteiger partial charge in [-0.3, -0.25) is 4.98 Å². The van der Waals surface area contributed by atoms with Crippen LogP contribution >= 0.6 is 0 Å². The second-order valence-corrected chi connectivity index (χ2v) is 4.78. The van der Waals surface area contributed by atoms with Gasteiger partial charge in [0.15, 0.2) is 0 Å². The summed E-state index contributed by atoms with van der Waals surface area (Å²) in [4.78, 5) is 4.43. The lowest BCUT2D eigenvalue weighted by atomic mass is 10.1. The van der Waals surface area contributed by atoms with Crippen molar-refractivity contribution in [3.8, 4) is 0 Å². The molecule has 1 aromatic heterocycles. The lowest BCUT2D eigenvalue weighted by Gasteiger charge is -2.11. The summed E-state index contributed by atoms with van der Waals surface area (Å²) in [5, 5.41) is 4.38. The fraction of sp³-hybridized carbons (Fsp3) is 0.118. The quantitative estimate of drug-likeness (QED) is 0.699. The molecule has 3 aromatic rings. The van der Waals surface area contributed by atoms with Gasteiger partial charge in [-0.15, -0.1) is 0 Å². The maximum absolute atomic E-state index is 5.99. The minimum Gasteiger partial charge on any atom is -0.398 e. The Morgan fingerprint density at radius 3 is 2.60 bits per heavy atom. The molecule has 0 aliphatic rings. The fourth-order valence-electron chi connectivity index (χ4n) is 2.27. The first-order chi connectivity index (χ1) is 9.78. The van der Waals surface area contributed by atoms with Gasteiger partial charge in [-0.25, -0.2) is 0 Å². The van der Waals surface area contributed by atoms with Crippen molar-refractivity contribution in [1.82, 2.24) is 4.98 Å². The molecule has 3 N–H and O–H groups in total. The van der Waals surface area contributed by atoms with Crippen LogP contribution in [0.25, 0.3) is 10.9 Å². The second kappa shape index (κ2) is 5.21. The number of benzene rings is 2. The largest absolute Gasteiger partial charge is 0.398 e. The van der Waals surface area contributed by atoms with Crippen LogP contribution in [0.3, 0.4) is 0 Å². The van der Waals surface area contributed by atoms with E-state index in [1.807, 2.05) is 24.3 Å². The first kappa shape index (κ1) is 12.5. The third-order valence-electron chi connectivity index (χ3n) is 3.44. The molecule has 20 heavy (non-hydrogen) atoms. The van der Waals surface area contributed by atoms with Crippen molar-refractivity contribution in [2.45, 2.75) is 13.3 Å². The predicted molar refractivity (Wildman–Crippen MR) is 85.3 cm³/mol. The Balaban J connectivity index is 2.00. The highest BCUT2D eigenvalue weighted by Crippen LogP contribution is 2.28. The minimum absolute atomic E-state index is 0.750. The summed E-state index contributed by atoms with van der Waals surface area (Å²) in [6, 6.07) is 16.2. The lowest BCUT2D eigenvalue weighted by molar-refractivity contribution is 1.14. The molecule has 0 amide bonds. The number of fused-ring (bicyclic) bond motifs is 1. The van der Waals surface area contributed by atoms with E-state index in [2.05, 4.69) is 41.5 Å². The minimum atomic E-state index is 0.750. The van der Waals surface area contributed by atoms with E-state index < -0.39 is 0 Å². The third kappa shape index (κ3) is 2.30. The molecule has 0 saturated heterocycles. The van der Waals surface area contributed by atoms with Crippen LogP contribution in [0.4, 0.5) is 17.1 Å². The molecule has 0 unspecified atom stereocenters. The number of hydrogen-bond acceptors (Lipinski definition) is 3. The van der Waals surface area contributed by atoms with Crippen molar-refractivity contribution in [2.75, 3.05) is 11.1 Å². The van der Waals surface area contributed by atoms with Gasteiger partial charge < -0.3 is 11.1 Å². The average molecular weight is 263 g/mol. The van der Waals surface area contributed by atoms with Crippen LogP contribution in [-0.4, -0.2) is 4.98 Å². The van der Waals surface area contributed by atoms with Crippen molar-refractivity contribution in [3.63, 3.8) is 0 Å². The topological polar surface area (TPSA) is 50.9 Å². The molecular formula is C17H17N3. The molecule has 2 aromatic carbocycles. The highest BCUT2D eigenvalue weighted by atomic mass is 14.9. The maximum Gasteiger partial charge on any atom is 0.0957 e. The molecule has 3 heteroatoms. The number of nitrogens with two attached hydrogens (primary N) is 1. The molecule has 0 atom stereocenters. The predicted octanol–water partition coefficient (Wildman–Crippen LogP) is 4.12. The monoisotopic (exact) mass is 263 g/mol. The first-order valence-corrected chi connectivity index (χ1v) is 6.77. The number of hydrogen-bond donors (Lipinski definition) is 2. The van der Waals surface area contributed by atoms with Crippen molar-refractivity contribution in [3.05, 3.63) is 60.3 Å². The number of nitrogens with zero attached hydrogens (tertiary/aromatic N) is 1. The Hall–Kier alpha value is -2.55. The number of aryl methyl sites for hydroxylation is 1. The molecule has 100 valence electrons. The second-order valence-electron chi connectivity index (χ2n) is 4.78. The third-order valence-corrected chi connectivity index (χ3v) is 3.44. The molecule has 0 saturated carbocycles. The Morgan fingerprint density at radius 1 is 1.05 bits per heavy atom. The van der Waals surface area contributed by atoms with E-state index in [0.29, 0.717) is 0 Å². The van der Waals surface area contributed by atoms with E-state index in [1.165, 1.54) is 5.56 Å². The molecular weight excluding hydrogens is 246 g/mol. The van der Waals surface area contributed by atoms with Crippen LogP contribution in [0.5, 0.6) is 0 Å². The number of rotatable bonds is 3. The summed E-state index contributed by atoms with van der Waals surface area (Å²) in [7, 11) is 0. The van der Waals surface area contributed by atoms with Gasteiger partial charge in [-0.1, -0.05) is 19.1 Å². The van der Waals surface area contributed by atoms with Gasteiger partial charge in [0.25, 0.3) is 0 Å². The average Bonchev–Trinajstić information content (AvgIpc) is 2.51. The number of aromatic nitrogens is 1. The highest BCUT2D eigenvalue weighted by molar-refractivity contribution is 5.99. The van der Waals surface area contributed by atoms with Crippen LogP contribution in [0, 0.1) is 0 Å². The van der Waals surface area contributed by atoms with Gasteiger partial charge in [-0.05, 0) is 48.4 Å². The summed E-state index contributed by atoms with van der Waals surface area (Å²) < 4.78 is 0. The zero-order valence-corrected chi connectivity index (χ0v) is 11.4. The van der Waals surface area contributed by atoms with Gasteiger partial charge in [0.1, 0.15) is 0 Å². The first-order valence-electron chi connectivity index (χ1n) is 6.77. The van der Waals surface area contributed by atoms with Gasteiger partial charge in [0.2, 0.25) is 0 Å². The number of nitrogens with one attached hydrogen (secondary N) is 1. The van der Waals surface area contributed by atoms with Crippen LogP contribution in [0.2, 0.25) is 0 Å². The molecule has 0 radical (unpaired) electrons. The van der Waals surface area contributed by atoms with E-state index in [4.69, 9.17) is 5.73 Å². The zero-order chi connectivity index (χ0) is 13.9. The summed E-state index contributed by atoms with van der Waals surface area (Å²) in [6.07, 6.45) is 2.83. The Kier molecular flexibility index (Phi) is 3.25. The van der Waals surface area contributed by atoms with Crippen LogP contribution < -0.4 is 11.1 Å². The van der Waals surface area contributed by atoms with Crippen molar-refractivity contribution in [1.29, 1.82) is 0 Å². The zero-order valence-electron chi connectivity index (χ0n) is 11.4. The van der Waals surface area contributed by atoms with Gasteiger partial charge in [0.05, 0.1) is 11.2 Å². The van der Waals surface area contributed by atoms with Crippen LogP contribution in [-0.2, 0) is 6.42 Å². The van der Waals surface area contributed by atoms with E-state index in [-0.39, 0.29) is 0 Å². The van der Waals surface area contributed by atoms with Crippen LogP contribution in [0.1, 0.15) is 12.5 Å². The molecule has 0 aliphatic heterocycles. The van der Waals surface area contributed by atoms with E-state index in [0.717, 1.165) is 34.4 Å². The van der Waals surface area contributed by atoms with Gasteiger partial charge in [0, 0.05) is 23.0 Å². The number of nitrogen functional groups attached to an aromatic ring is 1. The molecule has 3 rings (SSSR count). The smallest absolute Gasteiger partial charge is 0.0957 e.